The SMILES string of the molecule is C=CCc1ccc(-c2ccc(C(=O)OCC)cc2)cc1-c1ccc(N(CC)C(C)=O)c(C(C)(C)C)c1. The van der Waals surface area contributed by atoms with Crippen molar-refractivity contribution in [1.29, 1.82) is 0 Å². The van der Waals surface area contributed by atoms with Crippen LogP contribution in [0.2, 0.25) is 0 Å². The maximum Gasteiger partial charge on any atom is 0.338 e. The molecule has 0 fully saturated rings. The molecule has 0 radical (unpaired) electrons. The fourth-order valence-corrected chi connectivity index (χ4v) is 4.47. The van der Waals surface area contributed by atoms with E-state index in [0.717, 1.165) is 39.9 Å². The Labute approximate surface area is 215 Å². The molecular formula is C32H37NO3. The lowest BCUT2D eigenvalue weighted by Gasteiger charge is -2.30. The first-order chi connectivity index (χ1) is 17.1. The number of esters is 1. The smallest absolute Gasteiger partial charge is 0.338 e. The highest BCUT2D eigenvalue weighted by Gasteiger charge is 2.23. The third-order valence-corrected chi connectivity index (χ3v) is 6.31. The summed E-state index contributed by atoms with van der Waals surface area (Å²) in [5.41, 5.74) is 7.99. The van der Waals surface area contributed by atoms with Crippen molar-refractivity contribution in [3.63, 3.8) is 0 Å². The second-order valence-electron chi connectivity index (χ2n) is 9.91. The van der Waals surface area contributed by atoms with Gasteiger partial charge in [0.1, 0.15) is 0 Å². The number of amides is 1. The van der Waals surface area contributed by atoms with Crippen LogP contribution in [-0.2, 0) is 21.4 Å². The highest BCUT2D eigenvalue weighted by atomic mass is 16.5. The van der Waals surface area contributed by atoms with Gasteiger partial charge in [0.25, 0.3) is 0 Å². The molecule has 0 aliphatic carbocycles. The molecule has 36 heavy (non-hydrogen) atoms. The van der Waals surface area contributed by atoms with Gasteiger partial charge in [-0.3, -0.25) is 4.79 Å². The summed E-state index contributed by atoms with van der Waals surface area (Å²) in [6, 6.07) is 20.3. The normalized spacial score (nSPS) is 11.2. The molecular weight excluding hydrogens is 446 g/mol. The number of hydrogen-bond donors (Lipinski definition) is 0. The van der Waals surface area contributed by atoms with Gasteiger partial charge in [-0.1, -0.05) is 57.2 Å². The highest BCUT2D eigenvalue weighted by Crippen LogP contribution is 2.38. The van der Waals surface area contributed by atoms with Crippen LogP contribution in [0.3, 0.4) is 0 Å². The first-order valence-corrected chi connectivity index (χ1v) is 12.5. The van der Waals surface area contributed by atoms with Crippen molar-refractivity contribution in [3.8, 4) is 22.3 Å². The van der Waals surface area contributed by atoms with Crippen LogP contribution in [0.15, 0.2) is 73.3 Å². The minimum absolute atomic E-state index is 0.0383. The molecule has 3 aromatic carbocycles. The minimum Gasteiger partial charge on any atom is -0.462 e. The zero-order valence-electron chi connectivity index (χ0n) is 22.4. The third kappa shape index (κ3) is 5.93. The Morgan fingerprint density at radius 2 is 1.56 bits per heavy atom. The first kappa shape index (κ1) is 26.9. The summed E-state index contributed by atoms with van der Waals surface area (Å²) in [4.78, 5) is 26.2. The van der Waals surface area contributed by atoms with E-state index in [2.05, 4.69) is 63.7 Å². The van der Waals surface area contributed by atoms with Crippen molar-refractivity contribution in [3.05, 3.63) is 90.0 Å². The van der Waals surface area contributed by atoms with Crippen molar-refractivity contribution in [2.24, 2.45) is 0 Å². The molecule has 0 heterocycles. The zero-order chi connectivity index (χ0) is 26.5. The van der Waals surface area contributed by atoms with Crippen molar-refractivity contribution in [2.75, 3.05) is 18.1 Å². The molecule has 0 aromatic heterocycles. The summed E-state index contributed by atoms with van der Waals surface area (Å²) in [5, 5.41) is 0. The molecule has 0 atom stereocenters. The number of anilines is 1. The standard InChI is InChI=1S/C32H37NO3/c1-8-11-24-14-17-26(23-12-15-25(16-13-23)31(35)36-10-3)20-28(24)27-18-19-30(33(9-2)22(4)34)29(21-27)32(5,6)7/h8,12-21H,1,9-11H2,2-7H3. The Morgan fingerprint density at radius 1 is 0.917 bits per heavy atom. The van der Waals surface area contributed by atoms with Crippen LogP contribution in [-0.4, -0.2) is 25.0 Å². The lowest BCUT2D eigenvalue weighted by molar-refractivity contribution is -0.116. The Kier molecular flexibility index (Phi) is 8.52. The number of carbonyl (C=O) groups excluding carboxylic acids is 2. The predicted molar refractivity (Wildman–Crippen MR) is 150 cm³/mol. The van der Waals surface area contributed by atoms with Gasteiger partial charge in [-0.2, -0.15) is 0 Å². The van der Waals surface area contributed by atoms with E-state index in [0.29, 0.717) is 18.7 Å². The summed E-state index contributed by atoms with van der Waals surface area (Å²) in [6.45, 7) is 16.9. The van der Waals surface area contributed by atoms with Crippen LogP contribution in [0.25, 0.3) is 22.3 Å². The van der Waals surface area contributed by atoms with Gasteiger partial charge in [-0.25, -0.2) is 4.79 Å². The summed E-state index contributed by atoms with van der Waals surface area (Å²) in [5.74, 6) is -0.274. The summed E-state index contributed by atoms with van der Waals surface area (Å²) >= 11 is 0. The van der Waals surface area contributed by atoms with Gasteiger partial charge < -0.3 is 9.64 Å². The lowest BCUT2D eigenvalue weighted by atomic mass is 9.82. The molecule has 0 saturated heterocycles. The maximum absolute atomic E-state index is 12.3. The lowest BCUT2D eigenvalue weighted by Crippen LogP contribution is -2.30. The summed E-state index contributed by atoms with van der Waals surface area (Å²) in [6.07, 6.45) is 2.67. The first-order valence-electron chi connectivity index (χ1n) is 12.5. The minimum atomic E-state index is -0.312. The number of allylic oxidation sites excluding steroid dienone is 1. The van der Waals surface area contributed by atoms with Crippen LogP contribution in [0.1, 0.15) is 63.0 Å². The molecule has 0 aliphatic heterocycles. The van der Waals surface area contributed by atoms with Gasteiger partial charge in [0.2, 0.25) is 5.91 Å². The number of ether oxygens (including phenoxy) is 1. The Morgan fingerprint density at radius 3 is 2.11 bits per heavy atom. The van der Waals surface area contributed by atoms with Crippen molar-refractivity contribution in [1.82, 2.24) is 0 Å². The average Bonchev–Trinajstić information content (AvgIpc) is 2.84. The third-order valence-electron chi connectivity index (χ3n) is 6.31. The molecule has 188 valence electrons. The van der Waals surface area contributed by atoms with Gasteiger partial charge >= 0.3 is 5.97 Å². The fourth-order valence-electron chi connectivity index (χ4n) is 4.47. The number of benzene rings is 3. The molecule has 0 unspecified atom stereocenters. The quantitative estimate of drug-likeness (QED) is 0.245. The molecule has 0 N–H and O–H groups in total. The topological polar surface area (TPSA) is 46.6 Å². The zero-order valence-corrected chi connectivity index (χ0v) is 22.4. The van der Waals surface area contributed by atoms with Crippen LogP contribution in [0.4, 0.5) is 5.69 Å². The maximum atomic E-state index is 12.3. The molecule has 0 aliphatic rings. The summed E-state index contributed by atoms with van der Waals surface area (Å²) < 4.78 is 5.11. The van der Waals surface area contributed by atoms with E-state index in [1.54, 1.807) is 26.0 Å². The van der Waals surface area contributed by atoms with Crippen molar-refractivity contribution in [2.45, 2.75) is 53.4 Å². The summed E-state index contributed by atoms with van der Waals surface area (Å²) in [7, 11) is 0. The number of hydrogen-bond acceptors (Lipinski definition) is 3. The monoisotopic (exact) mass is 483 g/mol. The van der Waals surface area contributed by atoms with Gasteiger partial charge in [0.15, 0.2) is 0 Å². The van der Waals surface area contributed by atoms with E-state index >= 15 is 0 Å². The fraction of sp³-hybridized carbons (Fsp3) is 0.312. The molecule has 1 amide bonds. The van der Waals surface area contributed by atoms with Crippen molar-refractivity contribution < 1.29 is 14.3 Å². The van der Waals surface area contributed by atoms with Gasteiger partial charge in [-0.05, 0) is 89.4 Å². The molecule has 3 aromatic rings. The highest BCUT2D eigenvalue weighted by molar-refractivity contribution is 5.93. The predicted octanol–water partition coefficient (Wildman–Crippen LogP) is 7.60. The van der Waals surface area contributed by atoms with E-state index in [1.165, 1.54) is 5.56 Å². The molecule has 0 spiro atoms. The van der Waals surface area contributed by atoms with Gasteiger partial charge in [-0.15, -0.1) is 6.58 Å². The van der Waals surface area contributed by atoms with E-state index < -0.39 is 0 Å². The van der Waals surface area contributed by atoms with Crippen LogP contribution in [0.5, 0.6) is 0 Å². The molecule has 4 heteroatoms. The second kappa shape index (κ2) is 11.4. The molecule has 0 saturated carbocycles. The van der Waals surface area contributed by atoms with Crippen LogP contribution in [0, 0.1) is 0 Å². The van der Waals surface area contributed by atoms with Crippen LogP contribution >= 0.6 is 0 Å². The number of carbonyl (C=O) groups is 2. The second-order valence-corrected chi connectivity index (χ2v) is 9.91. The molecule has 4 nitrogen and oxygen atoms in total. The van der Waals surface area contributed by atoms with E-state index in [1.807, 2.05) is 30.0 Å². The largest absolute Gasteiger partial charge is 0.462 e. The van der Waals surface area contributed by atoms with E-state index in [9.17, 15) is 9.59 Å². The number of rotatable bonds is 8. The molecule has 3 rings (SSSR count). The Balaban J connectivity index is 2.13. The molecule has 0 bridgehead atoms. The van der Waals surface area contributed by atoms with Crippen molar-refractivity contribution >= 4 is 17.6 Å². The van der Waals surface area contributed by atoms with E-state index in [-0.39, 0.29) is 17.3 Å². The number of nitrogens with zero attached hydrogens (tertiary/aromatic N) is 1. The van der Waals surface area contributed by atoms with Gasteiger partial charge in [0, 0.05) is 19.2 Å². The Bertz CT molecular complexity index is 1250. The Hall–Kier alpha value is -3.66. The van der Waals surface area contributed by atoms with Gasteiger partial charge in [0.05, 0.1) is 12.2 Å². The average molecular weight is 484 g/mol. The van der Waals surface area contributed by atoms with E-state index in [4.69, 9.17) is 4.74 Å². The van der Waals surface area contributed by atoms with Crippen LogP contribution < -0.4 is 4.90 Å².